The van der Waals surface area contributed by atoms with E-state index in [1.165, 1.54) is 24.8 Å². The first-order valence-electron chi connectivity index (χ1n) is 8.76. The second-order valence-electron chi connectivity index (χ2n) is 6.27. The summed E-state index contributed by atoms with van der Waals surface area (Å²) < 4.78 is 35.2. The average molecular weight is 376 g/mol. The van der Waals surface area contributed by atoms with E-state index in [0.717, 1.165) is 19.6 Å². The van der Waals surface area contributed by atoms with Crippen molar-refractivity contribution in [2.24, 2.45) is 0 Å². The highest BCUT2D eigenvalue weighted by Crippen LogP contribution is 2.33. The predicted octanol–water partition coefficient (Wildman–Crippen LogP) is 3.25. The molecule has 7 heteroatoms. The first-order chi connectivity index (χ1) is 13.1. The maximum absolute atomic E-state index is 12.9. The van der Waals surface area contributed by atoms with Gasteiger partial charge in [-0.3, -0.25) is 9.69 Å². The Morgan fingerprint density at radius 3 is 2.37 bits per heavy atom. The summed E-state index contributed by atoms with van der Waals surface area (Å²) in [6.45, 7) is 0.275. The Kier molecular flexibility index (Phi) is 6.24. The Labute approximate surface area is 157 Å². The Hall–Kier alpha value is -2.67. The lowest BCUT2D eigenvalue weighted by atomic mass is 10.1. The minimum Gasteiger partial charge on any atom is -0.493 e. The van der Waals surface area contributed by atoms with Crippen LogP contribution in [0, 0.1) is 0 Å². The molecule has 2 aromatic carbocycles. The molecule has 0 atom stereocenters. The van der Waals surface area contributed by atoms with Gasteiger partial charge >= 0.3 is 6.61 Å². The zero-order valence-electron chi connectivity index (χ0n) is 15.1. The van der Waals surface area contributed by atoms with Crippen LogP contribution in [0.15, 0.2) is 48.5 Å². The molecule has 144 valence electrons. The molecular formula is C20H22F2N2O3. The van der Waals surface area contributed by atoms with Gasteiger partial charge in [0.15, 0.2) is 11.5 Å². The van der Waals surface area contributed by atoms with Crippen molar-refractivity contribution in [3.05, 3.63) is 59.7 Å². The van der Waals surface area contributed by atoms with Crippen LogP contribution in [0.25, 0.3) is 0 Å². The van der Waals surface area contributed by atoms with Crippen LogP contribution in [0.4, 0.5) is 8.78 Å². The third-order valence-electron chi connectivity index (χ3n) is 4.54. The van der Waals surface area contributed by atoms with Crippen LogP contribution in [0.3, 0.4) is 0 Å². The van der Waals surface area contributed by atoms with E-state index in [1.54, 1.807) is 11.0 Å². The van der Waals surface area contributed by atoms with Gasteiger partial charge in [0.1, 0.15) is 0 Å². The van der Waals surface area contributed by atoms with Crippen molar-refractivity contribution in [3.63, 3.8) is 0 Å². The van der Waals surface area contributed by atoms with Crippen LogP contribution < -0.4 is 9.47 Å². The normalized spacial score (nSPS) is 15.0. The topological polar surface area (TPSA) is 42.0 Å². The molecule has 1 amide bonds. The number of ether oxygens (including phenoxy) is 2. The molecule has 27 heavy (non-hydrogen) atoms. The van der Waals surface area contributed by atoms with Gasteiger partial charge in [-0.05, 0) is 17.7 Å². The SMILES string of the molecule is COc1cccc(C(=O)N2CCN(Cc3ccccc3)CC2)c1OC(F)F. The zero-order valence-corrected chi connectivity index (χ0v) is 15.1. The molecule has 0 aromatic heterocycles. The fourth-order valence-electron chi connectivity index (χ4n) is 3.18. The number of carbonyl (C=O) groups is 1. The zero-order chi connectivity index (χ0) is 19.2. The lowest BCUT2D eigenvalue weighted by Crippen LogP contribution is -2.48. The first-order valence-corrected chi connectivity index (χ1v) is 8.76. The van der Waals surface area contributed by atoms with Crippen molar-refractivity contribution < 1.29 is 23.0 Å². The van der Waals surface area contributed by atoms with Gasteiger partial charge in [0.2, 0.25) is 0 Å². The molecule has 0 aliphatic carbocycles. The number of para-hydroxylation sites is 1. The molecule has 2 aromatic rings. The van der Waals surface area contributed by atoms with E-state index in [-0.39, 0.29) is 23.0 Å². The minimum absolute atomic E-state index is 0.0890. The van der Waals surface area contributed by atoms with E-state index in [9.17, 15) is 13.6 Å². The van der Waals surface area contributed by atoms with Gasteiger partial charge in [-0.2, -0.15) is 8.78 Å². The highest BCUT2D eigenvalue weighted by atomic mass is 19.3. The number of piperazine rings is 1. The van der Waals surface area contributed by atoms with Crippen LogP contribution in [0.2, 0.25) is 0 Å². The van der Waals surface area contributed by atoms with Crippen molar-refractivity contribution in [1.29, 1.82) is 0 Å². The average Bonchev–Trinajstić information content (AvgIpc) is 2.68. The van der Waals surface area contributed by atoms with Gasteiger partial charge in [0, 0.05) is 32.7 Å². The number of rotatable bonds is 6. The lowest BCUT2D eigenvalue weighted by Gasteiger charge is -2.35. The molecule has 0 saturated carbocycles. The van der Waals surface area contributed by atoms with Gasteiger partial charge in [-0.1, -0.05) is 36.4 Å². The number of halogens is 2. The number of methoxy groups -OCH3 is 1. The summed E-state index contributed by atoms with van der Waals surface area (Å²) >= 11 is 0. The molecule has 1 aliphatic heterocycles. The molecule has 0 unspecified atom stereocenters. The van der Waals surface area contributed by atoms with Gasteiger partial charge in [0.25, 0.3) is 5.91 Å². The molecule has 1 fully saturated rings. The van der Waals surface area contributed by atoms with Crippen LogP contribution in [0.1, 0.15) is 15.9 Å². The lowest BCUT2D eigenvalue weighted by molar-refractivity contribution is -0.0517. The molecule has 0 radical (unpaired) electrons. The van der Waals surface area contributed by atoms with E-state index in [0.29, 0.717) is 13.1 Å². The highest BCUT2D eigenvalue weighted by Gasteiger charge is 2.27. The van der Waals surface area contributed by atoms with Crippen molar-refractivity contribution in [1.82, 2.24) is 9.80 Å². The summed E-state index contributed by atoms with van der Waals surface area (Å²) in [5.74, 6) is -0.431. The number of hydrogen-bond acceptors (Lipinski definition) is 4. The molecule has 3 rings (SSSR count). The van der Waals surface area contributed by atoms with Crippen molar-refractivity contribution >= 4 is 5.91 Å². The number of benzene rings is 2. The smallest absolute Gasteiger partial charge is 0.387 e. The molecule has 1 aliphatic rings. The molecule has 0 spiro atoms. The first kappa shape index (κ1) is 19.1. The maximum atomic E-state index is 12.9. The predicted molar refractivity (Wildman–Crippen MR) is 97.2 cm³/mol. The second kappa shape index (κ2) is 8.81. The van der Waals surface area contributed by atoms with E-state index >= 15 is 0 Å². The van der Waals surface area contributed by atoms with Gasteiger partial charge in [-0.25, -0.2) is 0 Å². The molecule has 1 saturated heterocycles. The number of carbonyl (C=O) groups excluding carboxylic acids is 1. The summed E-state index contributed by atoms with van der Waals surface area (Å²) in [7, 11) is 1.35. The van der Waals surface area contributed by atoms with Crippen molar-refractivity contribution in [3.8, 4) is 11.5 Å². The fraction of sp³-hybridized carbons (Fsp3) is 0.350. The van der Waals surface area contributed by atoms with Crippen LogP contribution >= 0.6 is 0 Å². The Bertz CT molecular complexity index is 763. The quantitative estimate of drug-likeness (QED) is 0.776. The monoisotopic (exact) mass is 376 g/mol. The van der Waals surface area contributed by atoms with Crippen LogP contribution in [-0.4, -0.2) is 55.6 Å². The van der Waals surface area contributed by atoms with E-state index < -0.39 is 6.61 Å². The fourth-order valence-corrected chi connectivity index (χ4v) is 3.18. The van der Waals surface area contributed by atoms with E-state index in [2.05, 4.69) is 21.8 Å². The summed E-state index contributed by atoms with van der Waals surface area (Å²) in [6.07, 6.45) is 0. The number of hydrogen-bond donors (Lipinski definition) is 0. The summed E-state index contributed by atoms with van der Waals surface area (Å²) in [6, 6.07) is 14.7. The molecule has 0 N–H and O–H groups in total. The summed E-state index contributed by atoms with van der Waals surface area (Å²) in [5.41, 5.74) is 1.31. The Morgan fingerprint density at radius 2 is 1.74 bits per heavy atom. The van der Waals surface area contributed by atoms with Gasteiger partial charge in [-0.15, -0.1) is 0 Å². The number of alkyl halides is 2. The molecule has 5 nitrogen and oxygen atoms in total. The number of nitrogens with zero attached hydrogens (tertiary/aromatic N) is 2. The Morgan fingerprint density at radius 1 is 1.04 bits per heavy atom. The third-order valence-corrected chi connectivity index (χ3v) is 4.54. The van der Waals surface area contributed by atoms with Gasteiger partial charge < -0.3 is 14.4 Å². The standard InChI is InChI=1S/C20H22F2N2O3/c1-26-17-9-5-8-16(18(17)27-20(21)22)19(25)24-12-10-23(11-13-24)14-15-6-3-2-4-7-15/h2-9,20H,10-14H2,1H3. The molecular weight excluding hydrogens is 354 g/mol. The van der Waals surface area contributed by atoms with Crippen LogP contribution in [0.5, 0.6) is 11.5 Å². The van der Waals surface area contributed by atoms with E-state index in [4.69, 9.17) is 4.74 Å². The third kappa shape index (κ3) is 4.74. The summed E-state index contributed by atoms with van der Waals surface area (Å²) in [5, 5.41) is 0. The highest BCUT2D eigenvalue weighted by molar-refractivity contribution is 5.98. The van der Waals surface area contributed by atoms with E-state index in [1.807, 2.05) is 18.2 Å². The van der Waals surface area contributed by atoms with Crippen LogP contribution in [-0.2, 0) is 6.54 Å². The summed E-state index contributed by atoms with van der Waals surface area (Å²) in [4.78, 5) is 16.8. The molecule has 0 bridgehead atoms. The number of amides is 1. The molecule has 1 heterocycles. The van der Waals surface area contributed by atoms with Gasteiger partial charge in [0.05, 0.1) is 12.7 Å². The second-order valence-corrected chi connectivity index (χ2v) is 6.27. The maximum Gasteiger partial charge on any atom is 0.387 e. The largest absolute Gasteiger partial charge is 0.493 e. The Balaban J connectivity index is 1.67. The van der Waals surface area contributed by atoms with Crippen molar-refractivity contribution in [2.75, 3.05) is 33.3 Å². The minimum atomic E-state index is -3.03. The van der Waals surface area contributed by atoms with Crippen molar-refractivity contribution in [2.45, 2.75) is 13.2 Å².